The fourth-order valence-electron chi connectivity index (χ4n) is 2.08. The smallest absolute Gasteiger partial charge is 0.255 e. The molecule has 25 heavy (non-hydrogen) atoms. The number of para-hydroxylation sites is 1. The topological polar surface area (TPSA) is 67.4 Å². The van der Waals surface area contributed by atoms with Gasteiger partial charge in [-0.3, -0.25) is 9.59 Å². The molecule has 2 N–H and O–H groups in total. The molecule has 0 saturated heterocycles. The van der Waals surface area contributed by atoms with Crippen LogP contribution in [0.1, 0.15) is 31.1 Å². The van der Waals surface area contributed by atoms with Gasteiger partial charge in [-0.25, -0.2) is 0 Å². The largest absolute Gasteiger partial charge is 0.490 e. The Kier molecular flexibility index (Phi) is 6.42. The maximum Gasteiger partial charge on any atom is 0.255 e. The monoisotopic (exact) mass is 360 g/mol. The van der Waals surface area contributed by atoms with Crippen LogP contribution in [0.2, 0.25) is 5.02 Å². The summed E-state index contributed by atoms with van der Waals surface area (Å²) in [6.07, 6.45) is 0. The molecule has 0 fully saturated rings. The molecule has 0 atom stereocenters. The van der Waals surface area contributed by atoms with Crippen LogP contribution in [0.5, 0.6) is 5.75 Å². The molecule has 0 aliphatic rings. The Morgan fingerprint density at radius 2 is 1.76 bits per heavy atom. The maximum atomic E-state index is 12.4. The van der Waals surface area contributed by atoms with Crippen LogP contribution < -0.4 is 15.4 Å². The number of rotatable bonds is 6. The quantitative estimate of drug-likeness (QED) is 0.791. The van der Waals surface area contributed by atoms with Gasteiger partial charge in [0.2, 0.25) is 5.91 Å². The second-order valence-electron chi connectivity index (χ2n) is 5.72. The number of hydrogen-bond donors (Lipinski definition) is 2. The summed E-state index contributed by atoms with van der Waals surface area (Å²) in [4.78, 5) is 24.1. The standard InChI is InChI=1S/C19H21ClN2O3/c1-4-25-17-15(20)6-5-7-16(17)22-19(24)13-8-10-14(11-9-13)21-18(23)12(2)3/h5-12H,4H2,1-3H3,(H,21,23)(H,22,24). The molecule has 2 aromatic rings. The molecule has 0 radical (unpaired) electrons. The van der Waals surface area contributed by atoms with E-state index in [1.54, 1.807) is 42.5 Å². The number of benzene rings is 2. The third-order valence-corrected chi connectivity index (χ3v) is 3.74. The minimum absolute atomic E-state index is 0.0718. The minimum Gasteiger partial charge on any atom is -0.490 e. The van der Waals surface area contributed by atoms with Crippen molar-refractivity contribution < 1.29 is 14.3 Å². The summed E-state index contributed by atoms with van der Waals surface area (Å²) >= 11 is 6.12. The Hall–Kier alpha value is -2.53. The Morgan fingerprint density at radius 3 is 2.36 bits per heavy atom. The zero-order valence-electron chi connectivity index (χ0n) is 14.4. The Morgan fingerprint density at radius 1 is 1.08 bits per heavy atom. The van der Waals surface area contributed by atoms with Gasteiger partial charge in [0.25, 0.3) is 5.91 Å². The number of carbonyl (C=O) groups excluding carboxylic acids is 2. The molecule has 0 spiro atoms. The lowest BCUT2D eigenvalue weighted by Gasteiger charge is -2.13. The van der Waals surface area contributed by atoms with Gasteiger partial charge in [0.15, 0.2) is 5.75 Å². The molecule has 0 saturated carbocycles. The van der Waals surface area contributed by atoms with Crippen molar-refractivity contribution in [1.82, 2.24) is 0 Å². The molecule has 5 nitrogen and oxygen atoms in total. The first-order valence-electron chi connectivity index (χ1n) is 8.06. The molecule has 2 aromatic carbocycles. The predicted molar refractivity (Wildman–Crippen MR) is 100 cm³/mol. The van der Waals surface area contributed by atoms with E-state index in [1.807, 2.05) is 20.8 Å². The highest BCUT2D eigenvalue weighted by molar-refractivity contribution is 6.32. The van der Waals surface area contributed by atoms with Gasteiger partial charge in [-0.05, 0) is 43.3 Å². The van der Waals surface area contributed by atoms with Crippen LogP contribution in [0.25, 0.3) is 0 Å². The molecule has 0 aromatic heterocycles. The molecule has 0 bridgehead atoms. The number of hydrogen-bond acceptors (Lipinski definition) is 3. The van der Waals surface area contributed by atoms with Gasteiger partial charge in [-0.2, -0.15) is 0 Å². The van der Waals surface area contributed by atoms with Crippen molar-refractivity contribution in [1.29, 1.82) is 0 Å². The number of ether oxygens (including phenoxy) is 1. The van der Waals surface area contributed by atoms with Gasteiger partial charge in [0.05, 0.1) is 17.3 Å². The predicted octanol–water partition coefficient (Wildman–Crippen LogP) is 4.59. The van der Waals surface area contributed by atoms with E-state index >= 15 is 0 Å². The average molecular weight is 361 g/mol. The number of carbonyl (C=O) groups is 2. The third-order valence-electron chi connectivity index (χ3n) is 3.44. The molecule has 0 aliphatic heterocycles. The van der Waals surface area contributed by atoms with Crippen LogP contribution in [0.4, 0.5) is 11.4 Å². The van der Waals surface area contributed by atoms with Gasteiger partial charge in [-0.15, -0.1) is 0 Å². The molecule has 6 heteroatoms. The van der Waals surface area contributed by atoms with Crippen molar-refractivity contribution in [2.24, 2.45) is 5.92 Å². The molecule has 0 unspecified atom stereocenters. The van der Waals surface area contributed by atoms with E-state index in [0.29, 0.717) is 34.3 Å². The summed E-state index contributed by atoms with van der Waals surface area (Å²) in [7, 11) is 0. The SMILES string of the molecule is CCOc1c(Cl)cccc1NC(=O)c1ccc(NC(=O)C(C)C)cc1. The number of amides is 2. The summed E-state index contributed by atoms with van der Waals surface area (Å²) in [5, 5.41) is 6.01. The lowest BCUT2D eigenvalue weighted by atomic mass is 10.1. The summed E-state index contributed by atoms with van der Waals surface area (Å²) < 4.78 is 5.50. The lowest BCUT2D eigenvalue weighted by Crippen LogP contribution is -2.18. The summed E-state index contributed by atoms with van der Waals surface area (Å²) in [5.74, 6) is -0.0222. The zero-order chi connectivity index (χ0) is 18.4. The lowest BCUT2D eigenvalue weighted by molar-refractivity contribution is -0.118. The molecule has 0 heterocycles. The molecular weight excluding hydrogens is 340 g/mol. The third kappa shape index (κ3) is 4.97. The van der Waals surface area contributed by atoms with Gasteiger partial charge in [0.1, 0.15) is 0 Å². The van der Waals surface area contributed by atoms with E-state index in [1.165, 1.54) is 0 Å². The van der Waals surface area contributed by atoms with Crippen molar-refractivity contribution >= 4 is 34.8 Å². The molecule has 2 amide bonds. The van der Waals surface area contributed by atoms with E-state index in [4.69, 9.17) is 16.3 Å². The fraction of sp³-hybridized carbons (Fsp3) is 0.263. The highest BCUT2D eigenvalue weighted by atomic mass is 35.5. The second kappa shape index (κ2) is 8.53. The van der Waals surface area contributed by atoms with Crippen molar-refractivity contribution in [3.63, 3.8) is 0 Å². The Balaban J connectivity index is 2.11. The summed E-state index contributed by atoms with van der Waals surface area (Å²) in [6.45, 7) is 5.92. The Labute approximate surface area is 152 Å². The molecule has 132 valence electrons. The van der Waals surface area contributed by atoms with E-state index in [-0.39, 0.29) is 17.7 Å². The van der Waals surface area contributed by atoms with E-state index in [0.717, 1.165) is 0 Å². The maximum absolute atomic E-state index is 12.4. The van der Waals surface area contributed by atoms with Crippen LogP contribution in [0, 0.1) is 5.92 Å². The molecule has 2 rings (SSSR count). The van der Waals surface area contributed by atoms with Crippen LogP contribution in [0.15, 0.2) is 42.5 Å². The average Bonchev–Trinajstić information content (AvgIpc) is 2.58. The van der Waals surface area contributed by atoms with Crippen molar-refractivity contribution in [2.45, 2.75) is 20.8 Å². The number of anilines is 2. The normalized spacial score (nSPS) is 10.4. The van der Waals surface area contributed by atoms with E-state index in [9.17, 15) is 9.59 Å². The first-order chi connectivity index (χ1) is 11.9. The van der Waals surface area contributed by atoms with E-state index in [2.05, 4.69) is 10.6 Å². The zero-order valence-corrected chi connectivity index (χ0v) is 15.2. The summed E-state index contributed by atoms with van der Waals surface area (Å²) in [5.41, 5.74) is 1.62. The van der Waals surface area contributed by atoms with Crippen LogP contribution in [-0.4, -0.2) is 18.4 Å². The number of halogens is 1. The molecular formula is C19H21ClN2O3. The van der Waals surface area contributed by atoms with Crippen LogP contribution >= 0.6 is 11.6 Å². The minimum atomic E-state index is -0.287. The highest BCUT2D eigenvalue weighted by Crippen LogP contribution is 2.33. The van der Waals surface area contributed by atoms with Gasteiger partial charge in [-0.1, -0.05) is 31.5 Å². The van der Waals surface area contributed by atoms with Crippen molar-refractivity contribution in [3.05, 3.63) is 53.1 Å². The molecule has 0 aliphatic carbocycles. The van der Waals surface area contributed by atoms with Gasteiger partial charge >= 0.3 is 0 Å². The number of nitrogens with one attached hydrogen (secondary N) is 2. The highest BCUT2D eigenvalue weighted by Gasteiger charge is 2.13. The van der Waals surface area contributed by atoms with Gasteiger partial charge in [0, 0.05) is 17.2 Å². The van der Waals surface area contributed by atoms with Gasteiger partial charge < -0.3 is 15.4 Å². The Bertz CT molecular complexity index is 758. The second-order valence-corrected chi connectivity index (χ2v) is 6.13. The van der Waals surface area contributed by atoms with Crippen LogP contribution in [0.3, 0.4) is 0 Å². The van der Waals surface area contributed by atoms with Crippen molar-refractivity contribution in [2.75, 3.05) is 17.2 Å². The first-order valence-corrected chi connectivity index (χ1v) is 8.43. The first kappa shape index (κ1) is 18.8. The fourth-order valence-corrected chi connectivity index (χ4v) is 2.31. The summed E-state index contributed by atoms with van der Waals surface area (Å²) in [6, 6.07) is 11.9. The van der Waals surface area contributed by atoms with Crippen LogP contribution in [-0.2, 0) is 4.79 Å². The van der Waals surface area contributed by atoms with Crippen molar-refractivity contribution in [3.8, 4) is 5.75 Å². The van der Waals surface area contributed by atoms with E-state index < -0.39 is 0 Å².